The summed E-state index contributed by atoms with van der Waals surface area (Å²) in [6.07, 6.45) is 8.12. The van der Waals surface area contributed by atoms with Crippen LogP contribution in [0.15, 0.2) is 0 Å². The Morgan fingerprint density at radius 3 is 2.47 bits per heavy atom. The summed E-state index contributed by atoms with van der Waals surface area (Å²) in [5.74, 6) is 1.91. The van der Waals surface area contributed by atoms with Gasteiger partial charge < -0.3 is 14.2 Å². The van der Waals surface area contributed by atoms with Crippen LogP contribution in [0.4, 0.5) is 0 Å². The molecule has 0 aromatic carbocycles. The van der Waals surface area contributed by atoms with Gasteiger partial charge in [0.1, 0.15) is 0 Å². The molecule has 2 rings (SSSR count). The first kappa shape index (κ1) is 13.3. The lowest BCUT2D eigenvalue weighted by molar-refractivity contribution is -0.0945. The summed E-state index contributed by atoms with van der Waals surface area (Å²) >= 11 is 0. The van der Waals surface area contributed by atoms with Crippen LogP contribution in [0.25, 0.3) is 0 Å². The second kappa shape index (κ2) is 7.34. The van der Waals surface area contributed by atoms with E-state index in [4.69, 9.17) is 14.2 Å². The first-order valence-electron chi connectivity index (χ1n) is 7.15. The molecule has 1 aliphatic carbocycles. The summed E-state index contributed by atoms with van der Waals surface area (Å²) in [5, 5.41) is 0. The Bertz CT molecular complexity index is 194. The summed E-state index contributed by atoms with van der Waals surface area (Å²) in [7, 11) is 0. The molecule has 1 heterocycles. The maximum Gasteiger partial charge on any atom is 0.181 e. The van der Waals surface area contributed by atoms with Crippen molar-refractivity contribution in [3.05, 3.63) is 0 Å². The molecule has 0 aromatic heterocycles. The van der Waals surface area contributed by atoms with Gasteiger partial charge in [0.2, 0.25) is 0 Å². The van der Waals surface area contributed by atoms with E-state index in [1.165, 1.54) is 38.5 Å². The van der Waals surface area contributed by atoms with Gasteiger partial charge in [0.15, 0.2) is 6.29 Å². The predicted molar refractivity (Wildman–Crippen MR) is 66.9 cm³/mol. The van der Waals surface area contributed by atoms with Crippen molar-refractivity contribution in [3.8, 4) is 0 Å². The van der Waals surface area contributed by atoms with E-state index < -0.39 is 0 Å². The van der Waals surface area contributed by atoms with Crippen molar-refractivity contribution in [2.75, 3.05) is 26.4 Å². The van der Waals surface area contributed by atoms with E-state index in [2.05, 4.69) is 6.92 Å². The van der Waals surface area contributed by atoms with E-state index in [0.29, 0.717) is 19.8 Å². The van der Waals surface area contributed by atoms with Gasteiger partial charge in [-0.3, -0.25) is 0 Å². The Hall–Kier alpha value is -0.120. The van der Waals surface area contributed by atoms with Gasteiger partial charge in [-0.05, 0) is 24.7 Å². The molecule has 100 valence electrons. The lowest BCUT2D eigenvalue weighted by Crippen LogP contribution is -2.17. The van der Waals surface area contributed by atoms with Gasteiger partial charge in [-0.2, -0.15) is 0 Å². The monoisotopic (exact) mass is 242 g/mol. The van der Waals surface area contributed by atoms with Crippen LogP contribution in [0.5, 0.6) is 0 Å². The molecule has 1 saturated carbocycles. The summed E-state index contributed by atoms with van der Waals surface area (Å²) in [6.45, 7) is 5.26. The van der Waals surface area contributed by atoms with Crippen molar-refractivity contribution >= 4 is 0 Å². The highest BCUT2D eigenvalue weighted by molar-refractivity contribution is 4.69. The fraction of sp³-hybridized carbons (Fsp3) is 1.00. The van der Waals surface area contributed by atoms with E-state index in [-0.39, 0.29) is 6.29 Å². The van der Waals surface area contributed by atoms with Crippen LogP contribution in [-0.4, -0.2) is 32.7 Å². The number of hydrogen-bond donors (Lipinski definition) is 0. The van der Waals surface area contributed by atoms with Crippen molar-refractivity contribution in [1.29, 1.82) is 0 Å². The predicted octanol–water partition coefficient (Wildman–Crippen LogP) is 2.98. The van der Waals surface area contributed by atoms with Crippen molar-refractivity contribution in [2.24, 2.45) is 11.8 Å². The third kappa shape index (κ3) is 4.94. The van der Waals surface area contributed by atoms with Gasteiger partial charge in [0.05, 0.1) is 19.8 Å². The Kier molecular flexibility index (Phi) is 5.75. The average Bonchev–Trinajstić information content (AvgIpc) is 2.84. The van der Waals surface area contributed by atoms with Gasteiger partial charge in [-0.15, -0.1) is 0 Å². The Balaban J connectivity index is 1.43. The first-order chi connectivity index (χ1) is 8.34. The van der Waals surface area contributed by atoms with Crippen LogP contribution in [-0.2, 0) is 14.2 Å². The smallest absolute Gasteiger partial charge is 0.181 e. The van der Waals surface area contributed by atoms with Crippen molar-refractivity contribution in [2.45, 2.75) is 51.7 Å². The van der Waals surface area contributed by atoms with Crippen LogP contribution < -0.4 is 0 Å². The molecule has 2 aliphatic rings. The van der Waals surface area contributed by atoms with E-state index >= 15 is 0 Å². The summed E-state index contributed by atoms with van der Waals surface area (Å²) in [5.41, 5.74) is 0. The van der Waals surface area contributed by atoms with Crippen LogP contribution >= 0.6 is 0 Å². The fourth-order valence-corrected chi connectivity index (χ4v) is 2.77. The van der Waals surface area contributed by atoms with Gasteiger partial charge >= 0.3 is 0 Å². The molecule has 3 heteroatoms. The average molecular weight is 242 g/mol. The molecule has 0 radical (unpaired) electrons. The molecule has 17 heavy (non-hydrogen) atoms. The zero-order chi connectivity index (χ0) is 11.9. The molecule has 0 amide bonds. The molecule has 0 atom stereocenters. The Labute approximate surface area is 105 Å². The number of ether oxygens (including phenoxy) is 3. The molecule has 0 bridgehead atoms. The molecule has 1 saturated heterocycles. The highest BCUT2D eigenvalue weighted by Gasteiger charge is 2.18. The molecular formula is C14H26O3. The Morgan fingerprint density at radius 2 is 1.76 bits per heavy atom. The second-order valence-electron chi connectivity index (χ2n) is 5.51. The Morgan fingerprint density at radius 1 is 1.06 bits per heavy atom. The molecule has 1 aliphatic heterocycles. The van der Waals surface area contributed by atoms with Crippen molar-refractivity contribution in [1.82, 2.24) is 0 Å². The molecule has 3 nitrogen and oxygen atoms in total. The molecule has 0 N–H and O–H groups in total. The lowest BCUT2D eigenvalue weighted by Gasteiger charge is -2.26. The minimum Gasteiger partial charge on any atom is -0.376 e. The van der Waals surface area contributed by atoms with E-state index in [1.807, 2.05) is 0 Å². The lowest BCUT2D eigenvalue weighted by atomic mass is 9.81. The third-order valence-corrected chi connectivity index (χ3v) is 3.98. The van der Waals surface area contributed by atoms with Crippen LogP contribution in [0.2, 0.25) is 0 Å². The number of hydrogen-bond acceptors (Lipinski definition) is 3. The largest absolute Gasteiger partial charge is 0.376 e. The summed E-state index contributed by atoms with van der Waals surface area (Å²) < 4.78 is 16.2. The molecule has 2 fully saturated rings. The fourth-order valence-electron chi connectivity index (χ4n) is 2.77. The normalized spacial score (nSPS) is 30.9. The van der Waals surface area contributed by atoms with Crippen molar-refractivity contribution in [3.63, 3.8) is 0 Å². The number of rotatable bonds is 6. The quantitative estimate of drug-likeness (QED) is 0.670. The first-order valence-corrected chi connectivity index (χ1v) is 7.15. The maximum absolute atomic E-state index is 5.58. The molecule has 0 spiro atoms. The van der Waals surface area contributed by atoms with Crippen LogP contribution in [0.1, 0.15) is 45.4 Å². The molecular weight excluding hydrogens is 216 g/mol. The van der Waals surface area contributed by atoms with E-state index in [1.54, 1.807) is 0 Å². The van der Waals surface area contributed by atoms with Gasteiger partial charge in [-0.25, -0.2) is 0 Å². The standard InChI is InChI=1S/C14H26O3/c1-12-4-6-13(7-5-12)3-2-8-15-11-14-16-9-10-17-14/h12-14H,2-11H2,1H3. The highest BCUT2D eigenvalue weighted by Crippen LogP contribution is 2.30. The van der Waals surface area contributed by atoms with Crippen LogP contribution in [0, 0.1) is 11.8 Å². The molecule has 0 aromatic rings. The SMILES string of the molecule is CC1CCC(CCCOCC2OCCO2)CC1. The maximum atomic E-state index is 5.58. The topological polar surface area (TPSA) is 27.7 Å². The van der Waals surface area contributed by atoms with Gasteiger partial charge in [-0.1, -0.05) is 32.6 Å². The summed E-state index contributed by atoms with van der Waals surface area (Å²) in [6, 6.07) is 0. The summed E-state index contributed by atoms with van der Waals surface area (Å²) in [4.78, 5) is 0. The third-order valence-electron chi connectivity index (χ3n) is 3.98. The van der Waals surface area contributed by atoms with E-state index in [0.717, 1.165) is 18.4 Å². The van der Waals surface area contributed by atoms with Gasteiger partial charge in [0.25, 0.3) is 0 Å². The van der Waals surface area contributed by atoms with E-state index in [9.17, 15) is 0 Å². The zero-order valence-corrected chi connectivity index (χ0v) is 11.0. The highest BCUT2D eigenvalue weighted by atomic mass is 16.7. The minimum absolute atomic E-state index is 0.106. The molecule has 0 unspecified atom stereocenters. The van der Waals surface area contributed by atoms with Crippen molar-refractivity contribution < 1.29 is 14.2 Å². The zero-order valence-electron chi connectivity index (χ0n) is 11.0. The second-order valence-corrected chi connectivity index (χ2v) is 5.51. The minimum atomic E-state index is -0.106. The van der Waals surface area contributed by atoms with Gasteiger partial charge in [0, 0.05) is 6.61 Å². The van der Waals surface area contributed by atoms with Crippen LogP contribution in [0.3, 0.4) is 0 Å².